The highest BCUT2D eigenvalue weighted by atomic mass is 16.6. The van der Waals surface area contributed by atoms with Crippen molar-refractivity contribution in [1.82, 2.24) is 14.8 Å². The number of likely N-dealkylation sites (tertiary alicyclic amines) is 1. The zero-order valence-corrected chi connectivity index (χ0v) is 14.8. The number of amides is 1. The van der Waals surface area contributed by atoms with E-state index < -0.39 is 5.60 Å². The van der Waals surface area contributed by atoms with Gasteiger partial charge in [0.15, 0.2) is 0 Å². The number of hydrogen-bond donors (Lipinski definition) is 0. The van der Waals surface area contributed by atoms with Crippen molar-refractivity contribution in [2.24, 2.45) is 5.92 Å². The van der Waals surface area contributed by atoms with E-state index in [2.05, 4.69) is 23.0 Å². The van der Waals surface area contributed by atoms with E-state index in [1.54, 1.807) is 0 Å². The number of carbonyl (C=O) groups excluding carboxylic acids is 1. The zero-order chi connectivity index (χ0) is 16.9. The van der Waals surface area contributed by atoms with Crippen molar-refractivity contribution >= 4 is 6.09 Å². The maximum Gasteiger partial charge on any atom is 0.410 e. The van der Waals surface area contributed by atoms with Gasteiger partial charge in [-0.25, -0.2) is 4.79 Å². The van der Waals surface area contributed by atoms with Gasteiger partial charge in [0.1, 0.15) is 5.60 Å². The molecule has 5 heteroatoms. The Kier molecular flexibility index (Phi) is 5.99. The summed E-state index contributed by atoms with van der Waals surface area (Å²) < 4.78 is 5.44. The van der Waals surface area contributed by atoms with E-state index in [9.17, 15) is 4.79 Å². The molecule has 0 atom stereocenters. The molecule has 0 aliphatic carbocycles. The summed E-state index contributed by atoms with van der Waals surface area (Å²) in [5.41, 5.74) is 0.679. The molecule has 0 aromatic carbocycles. The summed E-state index contributed by atoms with van der Waals surface area (Å²) in [6, 6.07) is 6.02. The molecule has 23 heavy (non-hydrogen) atoms. The van der Waals surface area contributed by atoms with Gasteiger partial charge in [-0.2, -0.15) is 0 Å². The minimum Gasteiger partial charge on any atom is -0.444 e. The van der Waals surface area contributed by atoms with E-state index in [0.29, 0.717) is 5.92 Å². The molecule has 2 heterocycles. The normalized spacial score (nSPS) is 16.7. The van der Waals surface area contributed by atoms with Crippen LogP contribution in [0.25, 0.3) is 0 Å². The first kappa shape index (κ1) is 17.7. The van der Waals surface area contributed by atoms with Crippen molar-refractivity contribution in [3.05, 3.63) is 30.1 Å². The molecule has 0 bridgehead atoms. The van der Waals surface area contributed by atoms with Gasteiger partial charge in [-0.1, -0.05) is 6.07 Å². The summed E-state index contributed by atoms with van der Waals surface area (Å²) in [7, 11) is 2.13. The minimum absolute atomic E-state index is 0.183. The Bertz CT molecular complexity index is 491. The summed E-state index contributed by atoms with van der Waals surface area (Å²) >= 11 is 0. The number of hydrogen-bond acceptors (Lipinski definition) is 4. The van der Waals surface area contributed by atoms with Crippen LogP contribution in [0.15, 0.2) is 24.4 Å². The molecule has 1 aromatic heterocycles. The molecule has 128 valence electrons. The number of aromatic nitrogens is 1. The second-order valence-corrected chi connectivity index (χ2v) is 7.43. The quantitative estimate of drug-likeness (QED) is 0.855. The lowest BCUT2D eigenvalue weighted by Gasteiger charge is -2.34. The number of pyridine rings is 1. The van der Waals surface area contributed by atoms with Crippen molar-refractivity contribution in [2.45, 2.75) is 45.8 Å². The first-order valence-electron chi connectivity index (χ1n) is 8.40. The maximum absolute atomic E-state index is 12.1. The molecule has 0 N–H and O–H groups in total. The van der Waals surface area contributed by atoms with Crippen molar-refractivity contribution in [3.63, 3.8) is 0 Å². The molecular weight excluding hydrogens is 290 g/mol. The zero-order valence-electron chi connectivity index (χ0n) is 14.8. The second kappa shape index (κ2) is 7.77. The van der Waals surface area contributed by atoms with Gasteiger partial charge in [0.2, 0.25) is 0 Å². The molecule has 0 radical (unpaired) electrons. The first-order valence-corrected chi connectivity index (χ1v) is 8.40. The third-order valence-electron chi connectivity index (χ3n) is 3.99. The third-order valence-corrected chi connectivity index (χ3v) is 3.99. The highest BCUT2D eigenvalue weighted by Gasteiger charge is 2.27. The molecule has 1 aliphatic heterocycles. The van der Waals surface area contributed by atoms with Crippen LogP contribution in [0.4, 0.5) is 4.79 Å². The Labute approximate surface area is 139 Å². The van der Waals surface area contributed by atoms with Crippen molar-refractivity contribution in [2.75, 3.05) is 26.7 Å². The molecule has 1 amide bonds. The molecule has 1 aliphatic rings. The van der Waals surface area contributed by atoms with E-state index >= 15 is 0 Å². The van der Waals surface area contributed by atoms with Crippen molar-refractivity contribution < 1.29 is 9.53 Å². The lowest BCUT2D eigenvalue weighted by molar-refractivity contribution is 0.0172. The Balaban J connectivity index is 1.73. The fourth-order valence-electron chi connectivity index (χ4n) is 2.90. The molecule has 2 rings (SSSR count). The van der Waals surface area contributed by atoms with Crippen LogP contribution in [0.2, 0.25) is 0 Å². The second-order valence-electron chi connectivity index (χ2n) is 7.43. The summed E-state index contributed by atoms with van der Waals surface area (Å²) in [5, 5.41) is 0. The lowest BCUT2D eigenvalue weighted by Crippen LogP contribution is -2.43. The van der Waals surface area contributed by atoms with Crippen LogP contribution in [0.5, 0.6) is 0 Å². The molecule has 0 saturated carbocycles. The fourth-order valence-corrected chi connectivity index (χ4v) is 2.90. The summed E-state index contributed by atoms with van der Waals surface area (Å²) in [6.07, 6.45) is 3.72. The number of nitrogens with zero attached hydrogens (tertiary/aromatic N) is 3. The largest absolute Gasteiger partial charge is 0.444 e. The van der Waals surface area contributed by atoms with Gasteiger partial charge in [0, 0.05) is 32.4 Å². The minimum atomic E-state index is -0.420. The summed E-state index contributed by atoms with van der Waals surface area (Å²) in [4.78, 5) is 20.6. The predicted octanol–water partition coefficient (Wildman–Crippen LogP) is 3.16. The van der Waals surface area contributed by atoms with Crippen LogP contribution < -0.4 is 0 Å². The topological polar surface area (TPSA) is 45.7 Å². The Morgan fingerprint density at radius 3 is 2.61 bits per heavy atom. The van der Waals surface area contributed by atoms with Crippen LogP contribution in [0, 0.1) is 5.92 Å². The number of piperidine rings is 1. The highest BCUT2D eigenvalue weighted by molar-refractivity contribution is 5.68. The molecule has 1 fully saturated rings. The van der Waals surface area contributed by atoms with E-state index in [4.69, 9.17) is 4.74 Å². The molecule has 0 unspecified atom stereocenters. The van der Waals surface area contributed by atoms with Gasteiger partial charge >= 0.3 is 6.09 Å². The molecule has 1 saturated heterocycles. The smallest absolute Gasteiger partial charge is 0.410 e. The molecule has 1 aromatic rings. The Morgan fingerprint density at radius 1 is 1.35 bits per heavy atom. The number of carbonyl (C=O) groups is 1. The van der Waals surface area contributed by atoms with Gasteiger partial charge < -0.3 is 14.5 Å². The van der Waals surface area contributed by atoms with Gasteiger partial charge in [-0.15, -0.1) is 0 Å². The van der Waals surface area contributed by atoms with E-state index in [1.807, 2.05) is 44.0 Å². The average molecular weight is 319 g/mol. The molecule has 5 nitrogen and oxygen atoms in total. The fraction of sp³-hybridized carbons (Fsp3) is 0.667. The van der Waals surface area contributed by atoms with Crippen molar-refractivity contribution in [1.29, 1.82) is 0 Å². The number of rotatable bonds is 4. The van der Waals surface area contributed by atoms with Crippen LogP contribution >= 0.6 is 0 Å². The monoisotopic (exact) mass is 319 g/mol. The van der Waals surface area contributed by atoms with E-state index in [1.165, 1.54) is 0 Å². The van der Waals surface area contributed by atoms with Crippen LogP contribution in [0.1, 0.15) is 39.3 Å². The molecule has 0 spiro atoms. The Morgan fingerprint density at radius 2 is 2.04 bits per heavy atom. The lowest BCUT2D eigenvalue weighted by atomic mass is 9.96. The third kappa shape index (κ3) is 6.18. The number of ether oxygens (including phenoxy) is 1. The summed E-state index contributed by atoms with van der Waals surface area (Å²) in [6.45, 7) is 9.21. The molecular formula is C18H29N3O2. The van der Waals surface area contributed by atoms with Crippen LogP contribution in [0.3, 0.4) is 0 Å². The van der Waals surface area contributed by atoms with Gasteiger partial charge in [0.05, 0.1) is 5.69 Å². The SMILES string of the molecule is CN(Cc1ccccn1)CC1CCN(C(=O)OC(C)(C)C)CC1. The van der Waals surface area contributed by atoms with Gasteiger partial charge in [-0.3, -0.25) is 4.98 Å². The first-order chi connectivity index (χ1) is 10.8. The Hall–Kier alpha value is -1.62. The average Bonchev–Trinajstić information content (AvgIpc) is 2.47. The van der Waals surface area contributed by atoms with E-state index in [0.717, 1.165) is 44.7 Å². The van der Waals surface area contributed by atoms with Crippen molar-refractivity contribution in [3.8, 4) is 0 Å². The van der Waals surface area contributed by atoms with Gasteiger partial charge in [-0.05, 0) is 58.7 Å². The standard InChI is InChI=1S/C18H29N3O2/c1-18(2,3)23-17(22)21-11-8-15(9-12-21)13-20(4)14-16-7-5-6-10-19-16/h5-7,10,15H,8-9,11-14H2,1-4H3. The van der Waals surface area contributed by atoms with Gasteiger partial charge in [0.25, 0.3) is 0 Å². The predicted molar refractivity (Wildman–Crippen MR) is 91.1 cm³/mol. The van der Waals surface area contributed by atoms with E-state index in [-0.39, 0.29) is 6.09 Å². The highest BCUT2D eigenvalue weighted by Crippen LogP contribution is 2.20. The van der Waals surface area contributed by atoms with Crippen LogP contribution in [-0.4, -0.2) is 53.2 Å². The summed E-state index contributed by atoms with van der Waals surface area (Å²) in [5.74, 6) is 0.627. The maximum atomic E-state index is 12.1. The van der Waals surface area contributed by atoms with Crippen LogP contribution in [-0.2, 0) is 11.3 Å².